The first-order chi connectivity index (χ1) is 14.3. The summed E-state index contributed by atoms with van der Waals surface area (Å²) in [4.78, 5) is 9.33. The number of hydrogen-bond acceptors (Lipinski definition) is 3. The van der Waals surface area contributed by atoms with Crippen molar-refractivity contribution in [2.45, 2.75) is 90.4 Å². The summed E-state index contributed by atoms with van der Waals surface area (Å²) >= 11 is 0. The molecule has 1 aromatic carbocycles. The number of benzene rings is 1. The van der Waals surface area contributed by atoms with Crippen LogP contribution in [0.1, 0.15) is 96.0 Å². The first kappa shape index (κ1) is 21.8. The Morgan fingerprint density at radius 1 is 0.828 bits per heavy atom. The number of ether oxygens (including phenoxy) is 1. The molecule has 3 nitrogen and oxygen atoms in total. The van der Waals surface area contributed by atoms with E-state index in [-0.39, 0.29) is 0 Å². The summed E-state index contributed by atoms with van der Waals surface area (Å²) in [7, 11) is 0. The minimum Gasteiger partial charge on any atom is -0.494 e. The molecule has 1 aliphatic rings. The highest BCUT2D eigenvalue weighted by molar-refractivity contribution is 5.56. The van der Waals surface area contributed by atoms with Crippen molar-refractivity contribution in [1.82, 2.24) is 9.97 Å². The van der Waals surface area contributed by atoms with E-state index in [1.54, 1.807) is 0 Å². The van der Waals surface area contributed by atoms with Crippen LogP contribution < -0.4 is 4.74 Å². The lowest BCUT2D eigenvalue weighted by molar-refractivity contribution is 0.304. The van der Waals surface area contributed by atoms with Gasteiger partial charge in [-0.2, -0.15) is 0 Å². The second kappa shape index (κ2) is 11.9. The van der Waals surface area contributed by atoms with Crippen LogP contribution in [-0.2, 0) is 0 Å². The molecule has 3 heteroatoms. The fraction of sp³-hybridized carbons (Fsp3) is 0.615. The van der Waals surface area contributed by atoms with Crippen molar-refractivity contribution in [1.29, 1.82) is 0 Å². The molecular formula is C26H38N2O. The van der Waals surface area contributed by atoms with E-state index in [0.717, 1.165) is 36.1 Å². The first-order valence-corrected chi connectivity index (χ1v) is 11.8. The smallest absolute Gasteiger partial charge is 0.159 e. The van der Waals surface area contributed by atoms with E-state index >= 15 is 0 Å². The van der Waals surface area contributed by atoms with Gasteiger partial charge in [0.15, 0.2) is 5.82 Å². The molecule has 0 aliphatic heterocycles. The Morgan fingerprint density at radius 3 is 2.17 bits per heavy atom. The monoisotopic (exact) mass is 394 g/mol. The molecule has 1 fully saturated rings. The normalized spacial score (nSPS) is 19.2. The topological polar surface area (TPSA) is 35.0 Å². The van der Waals surface area contributed by atoms with Crippen LogP contribution in [0.25, 0.3) is 11.4 Å². The van der Waals surface area contributed by atoms with Crippen molar-refractivity contribution in [3.8, 4) is 17.1 Å². The van der Waals surface area contributed by atoms with Crippen LogP contribution in [0.15, 0.2) is 36.7 Å². The van der Waals surface area contributed by atoms with Crippen molar-refractivity contribution >= 4 is 0 Å². The zero-order chi connectivity index (χ0) is 20.3. The van der Waals surface area contributed by atoms with Crippen LogP contribution in [0.4, 0.5) is 0 Å². The lowest BCUT2D eigenvalue weighted by Gasteiger charge is -2.28. The molecule has 0 radical (unpaired) electrons. The highest BCUT2D eigenvalue weighted by Crippen LogP contribution is 2.37. The van der Waals surface area contributed by atoms with Crippen LogP contribution >= 0.6 is 0 Å². The second-order valence-corrected chi connectivity index (χ2v) is 8.63. The lowest BCUT2D eigenvalue weighted by atomic mass is 9.78. The Hall–Kier alpha value is -1.90. The SMILES string of the molecule is CCCCCCOc1ccc(-c2ncc(C3CCC(CCCC)CC3)cn2)cc1. The third kappa shape index (κ3) is 6.83. The van der Waals surface area contributed by atoms with Crippen molar-refractivity contribution in [2.75, 3.05) is 6.61 Å². The van der Waals surface area contributed by atoms with E-state index in [4.69, 9.17) is 4.74 Å². The van der Waals surface area contributed by atoms with Crippen molar-refractivity contribution < 1.29 is 4.74 Å². The molecule has 29 heavy (non-hydrogen) atoms. The van der Waals surface area contributed by atoms with E-state index in [2.05, 4.69) is 48.3 Å². The molecule has 0 N–H and O–H groups in total. The molecule has 2 aromatic rings. The average molecular weight is 395 g/mol. The fourth-order valence-electron chi connectivity index (χ4n) is 4.39. The Labute approximate surface area is 177 Å². The highest BCUT2D eigenvalue weighted by Gasteiger charge is 2.22. The summed E-state index contributed by atoms with van der Waals surface area (Å²) < 4.78 is 5.83. The fourth-order valence-corrected chi connectivity index (χ4v) is 4.39. The predicted molar refractivity (Wildman–Crippen MR) is 121 cm³/mol. The second-order valence-electron chi connectivity index (χ2n) is 8.63. The van der Waals surface area contributed by atoms with E-state index in [1.807, 2.05) is 12.1 Å². The van der Waals surface area contributed by atoms with Gasteiger partial charge in [-0.3, -0.25) is 0 Å². The summed E-state index contributed by atoms with van der Waals surface area (Å²) in [6.07, 6.45) is 18.5. The standard InChI is InChI=1S/C26H38N2O/c1-3-5-7-8-18-29-25-16-14-23(15-17-25)26-27-19-24(20-28-26)22-12-10-21(11-13-22)9-6-4-2/h14-17,19-22H,3-13,18H2,1-2H3. The van der Waals surface area contributed by atoms with Gasteiger partial charge in [-0.1, -0.05) is 52.4 Å². The molecule has 3 rings (SSSR count). The molecule has 1 aliphatic carbocycles. The molecule has 0 saturated heterocycles. The van der Waals surface area contributed by atoms with Crippen LogP contribution in [0.5, 0.6) is 5.75 Å². The van der Waals surface area contributed by atoms with Gasteiger partial charge in [-0.05, 0) is 73.8 Å². The number of rotatable bonds is 11. The van der Waals surface area contributed by atoms with Gasteiger partial charge in [0.05, 0.1) is 6.61 Å². The largest absolute Gasteiger partial charge is 0.494 e. The van der Waals surface area contributed by atoms with Crippen LogP contribution in [0.3, 0.4) is 0 Å². The van der Waals surface area contributed by atoms with Crippen molar-refractivity contribution in [3.63, 3.8) is 0 Å². The van der Waals surface area contributed by atoms with Gasteiger partial charge >= 0.3 is 0 Å². The zero-order valence-electron chi connectivity index (χ0n) is 18.4. The third-order valence-corrected chi connectivity index (χ3v) is 6.34. The summed E-state index contributed by atoms with van der Waals surface area (Å²) in [6.45, 7) is 5.32. The van der Waals surface area contributed by atoms with Crippen LogP contribution in [-0.4, -0.2) is 16.6 Å². The lowest BCUT2D eigenvalue weighted by Crippen LogP contribution is -2.13. The quantitative estimate of drug-likeness (QED) is 0.369. The predicted octanol–water partition coefficient (Wildman–Crippen LogP) is 7.57. The minimum absolute atomic E-state index is 0.644. The zero-order valence-corrected chi connectivity index (χ0v) is 18.4. The van der Waals surface area contributed by atoms with Crippen LogP contribution in [0.2, 0.25) is 0 Å². The maximum atomic E-state index is 5.83. The van der Waals surface area contributed by atoms with E-state index in [1.165, 1.54) is 69.8 Å². The van der Waals surface area contributed by atoms with Gasteiger partial charge in [0.2, 0.25) is 0 Å². The molecule has 158 valence electrons. The van der Waals surface area contributed by atoms with Gasteiger partial charge in [0, 0.05) is 18.0 Å². The molecule has 0 bridgehead atoms. The number of unbranched alkanes of at least 4 members (excludes halogenated alkanes) is 4. The molecule has 1 aromatic heterocycles. The van der Waals surface area contributed by atoms with Gasteiger partial charge in [-0.15, -0.1) is 0 Å². The summed E-state index contributed by atoms with van der Waals surface area (Å²) in [5, 5.41) is 0. The first-order valence-electron chi connectivity index (χ1n) is 11.8. The van der Waals surface area contributed by atoms with Gasteiger partial charge in [0.25, 0.3) is 0 Å². The third-order valence-electron chi connectivity index (χ3n) is 6.34. The van der Waals surface area contributed by atoms with Crippen molar-refractivity contribution in [2.24, 2.45) is 5.92 Å². The Bertz CT molecular complexity index is 688. The molecule has 1 heterocycles. The molecule has 0 spiro atoms. The average Bonchev–Trinajstić information content (AvgIpc) is 2.78. The van der Waals surface area contributed by atoms with Crippen molar-refractivity contribution in [3.05, 3.63) is 42.2 Å². The molecule has 0 atom stereocenters. The Balaban J connectivity index is 1.48. The maximum absolute atomic E-state index is 5.83. The molecule has 0 amide bonds. The summed E-state index contributed by atoms with van der Waals surface area (Å²) in [6, 6.07) is 8.19. The molecule has 0 unspecified atom stereocenters. The van der Waals surface area contributed by atoms with Gasteiger partial charge in [-0.25, -0.2) is 9.97 Å². The van der Waals surface area contributed by atoms with Gasteiger partial charge < -0.3 is 4.74 Å². The highest BCUT2D eigenvalue weighted by atomic mass is 16.5. The summed E-state index contributed by atoms with van der Waals surface area (Å²) in [5.41, 5.74) is 2.37. The number of nitrogens with zero attached hydrogens (tertiary/aromatic N) is 2. The Morgan fingerprint density at radius 2 is 1.52 bits per heavy atom. The van der Waals surface area contributed by atoms with E-state index in [9.17, 15) is 0 Å². The molecular weight excluding hydrogens is 356 g/mol. The maximum Gasteiger partial charge on any atom is 0.159 e. The Kier molecular flexibility index (Phi) is 8.98. The van der Waals surface area contributed by atoms with Crippen LogP contribution in [0, 0.1) is 5.92 Å². The summed E-state index contributed by atoms with van der Waals surface area (Å²) in [5.74, 6) is 3.32. The van der Waals surface area contributed by atoms with E-state index < -0.39 is 0 Å². The number of aromatic nitrogens is 2. The minimum atomic E-state index is 0.644. The molecule has 1 saturated carbocycles. The van der Waals surface area contributed by atoms with Gasteiger partial charge in [0.1, 0.15) is 5.75 Å². The number of hydrogen-bond donors (Lipinski definition) is 0. The van der Waals surface area contributed by atoms with E-state index in [0.29, 0.717) is 5.92 Å².